The van der Waals surface area contributed by atoms with E-state index in [1.807, 2.05) is 59.2 Å². The Morgan fingerprint density at radius 1 is 1.00 bits per heavy atom. The van der Waals surface area contributed by atoms with E-state index in [1.165, 1.54) is 4.57 Å². The zero-order valence-electron chi connectivity index (χ0n) is 20.2. The molecule has 186 valence electrons. The molecule has 0 radical (unpaired) electrons. The highest BCUT2D eigenvalue weighted by Crippen LogP contribution is 2.31. The molecule has 2 aromatic carbocycles. The summed E-state index contributed by atoms with van der Waals surface area (Å²) in [6.07, 6.45) is 5.78. The maximum Gasteiger partial charge on any atom is 0.333 e. The molecule has 0 unspecified atom stereocenters. The van der Waals surface area contributed by atoms with Crippen LogP contribution < -0.4 is 21.3 Å². The quantitative estimate of drug-likeness (QED) is 0.412. The maximum atomic E-state index is 13.6. The first kappa shape index (κ1) is 23.6. The van der Waals surface area contributed by atoms with Gasteiger partial charge in [0.05, 0.1) is 20.0 Å². The number of carbonyl (C=O) groups excluding carboxylic acids is 1. The molecule has 0 saturated heterocycles. The maximum absolute atomic E-state index is 13.6. The Balaban J connectivity index is 1.49. The Kier molecular flexibility index (Phi) is 6.71. The third-order valence-corrected chi connectivity index (χ3v) is 6.79. The van der Waals surface area contributed by atoms with Crippen molar-refractivity contribution >= 4 is 17.1 Å². The highest BCUT2D eigenvalue weighted by Gasteiger charge is 2.24. The standard InChI is InChI=1S/C27H29N5O4/c1-36-22-13-11-19(12-14-22)15-28-23(33)17-31-26(34)24-25(29-18-32(24)21-9-5-6-10-21)30(27(31)35)16-20-7-3-2-4-8-20/h2-4,7-8,11-14,18,21H,5-6,9-10,15-17H2,1H3,(H,28,33). The van der Waals surface area contributed by atoms with Crippen molar-refractivity contribution in [1.29, 1.82) is 0 Å². The summed E-state index contributed by atoms with van der Waals surface area (Å²) >= 11 is 0. The minimum Gasteiger partial charge on any atom is -0.497 e. The van der Waals surface area contributed by atoms with Crippen molar-refractivity contribution in [3.63, 3.8) is 0 Å². The normalized spacial score (nSPS) is 13.8. The van der Waals surface area contributed by atoms with Gasteiger partial charge in [-0.1, -0.05) is 55.3 Å². The van der Waals surface area contributed by atoms with Crippen LogP contribution in [-0.2, 0) is 24.4 Å². The predicted octanol–water partition coefficient (Wildman–Crippen LogP) is 2.85. The second kappa shape index (κ2) is 10.2. The second-order valence-electron chi connectivity index (χ2n) is 9.13. The summed E-state index contributed by atoms with van der Waals surface area (Å²) in [6.45, 7) is 0.165. The molecule has 5 rings (SSSR count). The van der Waals surface area contributed by atoms with Crippen molar-refractivity contribution in [3.8, 4) is 5.75 Å². The first-order valence-corrected chi connectivity index (χ1v) is 12.2. The van der Waals surface area contributed by atoms with Crippen molar-refractivity contribution in [2.24, 2.45) is 0 Å². The van der Waals surface area contributed by atoms with Crippen LogP contribution in [0.1, 0.15) is 42.9 Å². The highest BCUT2D eigenvalue weighted by atomic mass is 16.5. The van der Waals surface area contributed by atoms with Crippen molar-refractivity contribution in [1.82, 2.24) is 24.0 Å². The lowest BCUT2D eigenvalue weighted by Gasteiger charge is -2.15. The summed E-state index contributed by atoms with van der Waals surface area (Å²) in [4.78, 5) is 44.4. The second-order valence-corrected chi connectivity index (χ2v) is 9.13. The fourth-order valence-corrected chi connectivity index (χ4v) is 4.86. The number of methoxy groups -OCH3 is 1. The van der Waals surface area contributed by atoms with Gasteiger partial charge in [-0.05, 0) is 36.1 Å². The molecule has 2 aromatic heterocycles. The van der Waals surface area contributed by atoms with Crippen molar-refractivity contribution in [2.75, 3.05) is 7.11 Å². The molecule has 0 aliphatic heterocycles. The van der Waals surface area contributed by atoms with Gasteiger partial charge in [0.15, 0.2) is 11.2 Å². The fraction of sp³-hybridized carbons (Fsp3) is 0.333. The van der Waals surface area contributed by atoms with Crippen LogP contribution >= 0.6 is 0 Å². The first-order valence-electron chi connectivity index (χ1n) is 12.2. The molecule has 0 atom stereocenters. The van der Waals surface area contributed by atoms with Crippen molar-refractivity contribution in [3.05, 3.63) is 92.9 Å². The van der Waals surface area contributed by atoms with Gasteiger partial charge in [-0.15, -0.1) is 0 Å². The zero-order valence-corrected chi connectivity index (χ0v) is 20.2. The van der Waals surface area contributed by atoms with Gasteiger partial charge in [0.2, 0.25) is 5.91 Å². The molecule has 1 aliphatic carbocycles. The summed E-state index contributed by atoms with van der Waals surface area (Å²) in [6, 6.07) is 17.0. The molecule has 9 nitrogen and oxygen atoms in total. The average molecular weight is 488 g/mol. The van der Waals surface area contributed by atoms with Gasteiger partial charge in [0.1, 0.15) is 12.3 Å². The molecule has 0 bridgehead atoms. The van der Waals surface area contributed by atoms with Crippen LogP contribution in [0.3, 0.4) is 0 Å². The summed E-state index contributed by atoms with van der Waals surface area (Å²) in [7, 11) is 1.59. The molecular weight excluding hydrogens is 458 g/mol. The third kappa shape index (κ3) is 4.68. The monoisotopic (exact) mass is 487 g/mol. The highest BCUT2D eigenvalue weighted by molar-refractivity contribution is 5.76. The molecule has 9 heteroatoms. The van der Waals surface area contributed by atoms with Crippen molar-refractivity contribution < 1.29 is 9.53 Å². The molecule has 1 saturated carbocycles. The predicted molar refractivity (Wildman–Crippen MR) is 136 cm³/mol. The zero-order chi connectivity index (χ0) is 25.1. The summed E-state index contributed by atoms with van der Waals surface area (Å²) in [5, 5.41) is 2.81. The van der Waals surface area contributed by atoms with E-state index >= 15 is 0 Å². The van der Waals surface area contributed by atoms with Crippen LogP contribution in [0.2, 0.25) is 0 Å². The topological polar surface area (TPSA) is 100 Å². The van der Waals surface area contributed by atoms with Gasteiger partial charge in [-0.3, -0.25) is 14.2 Å². The van der Waals surface area contributed by atoms with E-state index in [4.69, 9.17) is 4.74 Å². The summed E-state index contributed by atoms with van der Waals surface area (Å²) < 4.78 is 9.58. The largest absolute Gasteiger partial charge is 0.497 e. The number of imidazole rings is 1. The minimum atomic E-state index is -0.548. The Bertz CT molecular complexity index is 1480. The lowest BCUT2D eigenvalue weighted by atomic mass is 10.2. The number of aromatic nitrogens is 4. The van der Waals surface area contributed by atoms with E-state index in [-0.39, 0.29) is 25.7 Å². The van der Waals surface area contributed by atoms with E-state index in [2.05, 4.69) is 10.3 Å². The van der Waals surface area contributed by atoms with Crippen LogP contribution in [0, 0.1) is 0 Å². The van der Waals surface area contributed by atoms with Crippen LogP contribution in [0.5, 0.6) is 5.75 Å². The fourth-order valence-electron chi connectivity index (χ4n) is 4.86. The van der Waals surface area contributed by atoms with E-state index < -0.39 is 17.2 Å². The van der Waals surface area contributed by atoms with Crippen molar-refractivity contribution in [2.45, 2.75) is 51.4 Å². The van der Waals surface area contributed by atoms with Crippen LogP contribution in [0.4, 0.5) is 0 Å². The molecule has 1 N–H and O–H groups in total. The van der Waals surface area contributed by atoms with E-state index in [9.17, 15) is 14.4 Å². The molecular formula is C27H29N5O4. The Morgan fingerprint density at radius 3 is 2.42 bits per heavy atom. The number of amides is 1. The summed E-state index contributed by atoms with van der Waals surface area (Å²) in [5.74, 6) is 0.310. The summed E-state index contributed by atoms with van der Waals surface area (Å²) in [5.41, 5.74) is 1.49. The number of fused-ring (bicyclic) bond motifs is 1. The molecule has 1 fully saturated rings. The van der Waals surface area contributed by atoms with Gasteiger partial charge in [0.25, 0.3) is 5.56 Å². The number of hydrogen-bond donors (Lipinski definition) is 1. The molecule has 0 spiro atoms. The Labute approximate surface area is 208 Å². The van der Waals surface area contributed by atoms with E-state index in [0.717, 1.165) is 47.1 Å². The number of carbonyl (C=O) groups is 1. The van der Waals surface area contributed by atoms with E-state index in [0.29, 0.717) is 11.2 Å². The van der Waals surface area contributed by atoms with Crippen LogP contribution in [0.25, 0.3) is 11.2 Å². The lowest BCUT2D eigenvalue weighted by molar-refractivity contribution is -0.121. The van der Waals surface area contributed by atoms with Gasteiger partial charge < -0.3 is 14.6 Å². The number of nitrogens with zero attached hydrogens (tertiary/aromatic N) is 4. The molecule has 36 heavy (non-hydrogen) atoms. The molecule has 2 heterocycles. The lowest BCUT2D eigenvalue weighted by Crippen LogP contribution is -2.44. The molecule has 1 aliphatic rings. The third-order valence-electron chi connectivity index (χ3n) is 6.79. The first-order chi connectivity index (χ1) is 17.5. The number of benzene rings is 2. The minimum absolute atomic E-state index is 0.169. The van der Waals surface area contributed by atoms with Crippen LogP contribution in [0.15, 0.2) is 70.5 Å². The van der Waals surface area contributed by atoms with Gasteiger partial charge in [-0.25, -0.2) is 14.3 Å². The number of hydrogen-bond acceptors (Lipinski definition) is 5. The van der Waals surface area contributed by atoms with Gasteiger partial charge >= 0.3 is 5.69 Å². The number of ether oxygens (including phenoxy) is 1. The van der Waals surface area contributed by atoms with E-state index in [1.54, 1.807) is 13.4 Å². The number of rotatable bonds is 8. The average Bonchev–Trinajstić information content (AvgIpc) is 3.59. The van der Waals surface area contributed by atoms with Gasteiger partial charge in [-0.2, -0.15) is 0 Å². The Hall–Kier alpha value is -4.14. The SMILES string of the molecule is COc1ccc(CNC(=O)Cn2c(=O)c3c(ncn3C3CCCC3)n(Cc3ccccc3)c2=O)cc1. The smallest absolute Gasteiger partial charge is 0.333 e. The number of nitrogens with one attached hydrogen (secondary N) is 1. The Morgan fingerprint density at radius 2 is 1.72 bits per heavy atom. The molecule has 1 amide bonds. The van der Waals surface area contributed by atoms with Crippen LogP contribution in [-0.4, -0.2) is 31.7 Å². The van der Waals surface area contributed by atoms with Gasteiger partial charge in [0, 0.05) is 12.6 Å². The molecule has 4 aromatic rings.